The van der Waals surface area contributed by atoms with Gasteiger partial charge in [0, 0.05) is 42.9 Å². The minimum absolute atomic E-state index is 0.106. The third-order valence-corrected chi connectivity index (χ3v) is 5.46. The highest BCUT2D eigenvalue weighted by Gasteiger charge is 2.28. The van der Waals surface area contributed by atoms with Gasteiger partial charge in [0.15, 0.2) is 0 Å². The Morgan fingerprint density at radius 1 is 1.15 bits per heavy atom. The minimum atomic E-state index is -0.106. The van der Waals surface area contributed by atoms with Gasteiger partial charge in [-0.05, 0) is 38.0 Å². The van der Waals surface area contributed by atoms with Crippen LogP contribution in [0.15, 0.2) is 48.7 Å². The van der Waals surface area contributed by atoms with Crippen molar-refractivity contribution in [1.29, 1.82) is 0 Å². The molecule has 0 saturated carbocycles. The highest BCUT2D eigenvalue weighted by atomic mass is 16.5. The van der Waals surface area contributed by atoms with E-state index in [0.29, 0.717) is 6.42 Å². The van der Waals surface area contributed by atoms with Gasteiger partial charge in [0.25, 0.3) is 0 Å². The van der Waals surface area contributed by atoms with Crippen LogP contribution in [0, 0.1) is 6.92 Å². The summed E-state index contributed by atoms with van der Waals surface area (Å²) >= 11 is 0. The molecule has 0 N–H and O–H groups in total. The normalized spacial score (nSPS) is 15.3. The van der Waals surface area contributed by atoms with Gasteiger partial charge in [-0.2, -0.15) is 0 Å². The molecule has 0 bridgehead atoms. The number of aryl methyl sites for hydroxylation is 1. The summed E-state index contributed by atoms with van der Waals surface area (Å²) in [6.45, 7) is 3.80. The van der Waals surface area contributed by atoms with Crippen molar-refractivity contribution in [3.05, 3.63) is 65.6 Å². The molecule has 0 aliphatic carbocycles. The van der Waals surface area contributed by atoms with E-state index in [0.717, 1.165) is 54.3 Å². The second-order valence-electron chi connectivity index (χ2n) is 7.13. The van der Waals surface area contributed by atoms with Crippen LogP contribution >= 0.6 is 0 Å². The molecule has 2 aromatic heterocycles. The van der Waals surface area contributed by atoms with Gasteiger partial charge >= 0.3 is 0 Å². The SMILES string of the molecule is COc1ccccc1C(CC(=O)N1CCCC1)c1cnc2cccc(C)n12. The first-order valence-electron chi connectivity index (χ1n) is 9.52. The van der Waals surface area contributed by atoms with E-state index in [1.165, 1.54) is 0 Å². The van der Waals surface area contributed by atoms with Gasteiger partial charge in [0.2, 0.25) is 5.91 Å². The highest BCUT2D eigenvalue weighted by molar-refractivity contribution is 5.78. The van der Waals surface area contributed by atoms with Crippen LogP contribution < -0.4 is 4.74 Å². The zero-order chi connectivity index (χ0) is 18.8. The first-order valence-corrected chi connectivity index (χ1v) is 9.52. The molecule has 1 fully saturated rings. The Balaban J connectivity index is 1.81. The standard InChI is InChI=1S/C22H25N3O2/c1-16-8-7-11-21-23-15-19(25(16)21)18(14-22(26)24-12-5-6-13-24)17-9-3-4-10-20(17)27-2/h3-4,7-11,15,18H,5-6,12-14H2,1-2H3. The Labute approximate surface area is 159 Å². The number of aromatic nitrogens is 2. The van der Waals surface area contributed by atoms with E-state index in [1.807, 2.05) is 41.4 Å². The summed E-state index contributed by atoms with van der Waals surface area (Å²) in [4.78, 5) is 19.6. The van der Waals surface area contributed by atoms with Crippen molar-refractivity contribution in [3.8, 4) is 5.75 Å². The molecular weight excluding hydrogens is 338 g/mol. The lowest BCUT2D eigenvalue weighted by atomic mass is 9.91. The van der Waals surface area contributed by atoms with Crippen molar-refractivity contribution < 1.29 is 9.53 Å². The third-order valence-electron chi connectivity index (χ3n) is 5.46. The molecule has 3 aromatic rings. The number of rotatable bonds is 5. The van der Waals surface area contributed by atoms with E-state index in [1.54, 1.807) is 7.11 Å². The smallest absolute Gasteiger partial charge is 0.223 e. The predicted molar refractivity (Wildman–Crippen MR) is 105 cm³/mol. The van der Waals surface area contributed by atoms with Crippen LogP contribution in [0.2, 0.25) is 0 Å². The van der Waals surface area contributed by atoms with Gasteiger partial charge in [-0.15, -0.1) is 0 Å². The summed E-state index contributed by atoms with van der Waals surface area (Å²) in [5.41, 5.74) is 4.06. The molecular formula is C22H25N3O2. The van der Waals surface area contributed by atoms with Crippen molar-refractivity contribution in [1.82, 2.24) is 14.3 Å². The molecule has 1 aromatic carbocycles. The fourth-order valence-corrected chi connectivity index (χ4v) is 4.07. The number of imidazole rings is 1. The molecule has 140 valence electrons. The van der Waals surface area contributed by atoms with Gasteiger partial charge in [-0.3, -0.25) is 4.79 Å². The number of amides is 1. The fourth-order valence-electron chi connectivity index (χ4n) is 4.07. The average molecular weight is 363 g/mol. The first kappa shape index (κ1) is 17.6. The summed E-state index contributed by atoms with van der Waals surface area (Å²) in [5.74, 6) is 0.901. The van der Waals surface area contributed by atoms with Crippen molar-refractivity contribution in [2.45, 2.75) is 32.1 Å². The van der Waals surface area contributed by atoms with Gasteiger partial charge in [-0.1, -0.05) is 24.3 Å². The van der Waals surface area contributed by atoms with Gasteiger partial charge < -0.3 is 14.0 Å². The number of benzene rings is 1. The Morgan fingerprint density at radius 2 is 1.93 bits per heavy atom. The van der Waals surface area contributed by atoms with Crippen LogP contribution in [0.5, 0.6) is 5.75 Å². The van der Waals surface area contributed by atoms with Crippen LogP contribution in [0.3, 0.4) is 0 Å². The number of hydrogen-bond donors (Lipinski definition) is 0. The maximum atomic E-state index is 13.0. The highest BCUT2D eigenvalue weighted by Crippen LogP contribution is 2.35. The lowest BCUT2D eigenvalue weighted by Gasteiger charge is -2.23. The Hall–Kier alpha value is -2.82. The summed E-state index contributed by atoms with van der Waals surface area (Å²) in [6.07, 6.45) is 4.51. The number of para-hydroxylation sites is 1. The van der Waals surface area contributed by atoms with Gasteiger partial charge in [0.05, 0.1) is 12.8 Å². The molecule has 1 saturated heterocycles. The fraction of sp³-hybridized carbons (Fsp3) is 0.364. The molecule has 5 nitrogen and oxygen atoms in total. The zero-order valence-corrected chi connectivity index (χ0v) is 15.9. The maximum Gasteiger partial charge on any atom is 0.223 e. The Bertz CT molecular complexity index is 957. The van der Waals surface area contributed by atoms with Crippen LogP contribution in [-0.4, -0.2) is 40.4 Å². The number of carbonyl (C=O) groups excluding carboxylic acids is 1. The van der Waals surface area contributed by atoms with E-state index in [-0.39, 0.29) is 11.8 Å². The summed E-state index contributed by atoms with van der Waals surface area (Å²) in [6, 6.07) is 14.0. The molecule has 4 rings (SSSR count). The van der Waals surface area contributed by atoms with Gasteiger partial charge in [0.1, 0.15) is 11.4 Å². The summed E-state index contributed by atoms with van der Waals surface area (Å²) in [7, 11) is 1.68. The largest absolute Gasteiger partial charge is 0.496 e. The van der Waals surface area contributed by atoms with Crippen molar-refractivity contribution in [3.63, 3.8) is 0 Å². The monoisotopic (exact) mass is 363 g/mol. The van der Waals surface area contributed by atoms with Crippen LogP contribution in [0.25, 0.3) is 5.65 Å². The number of carbonyl (C=O) groups is 1. The molecule has 1 aliphatic heterocycles. The minimum Gasteiger partial charge on any atom is -0.496 e. The second-order valence-corrected chi connectivity index (χ2v) is 7.13. The first-order chi connectivity index (χ1) is 13.2. The number of hydrogen-bond acceptors (Lipinski definition) is 3. The van der Waals surface area contributed by atoms with Gasteiger partial charge in [-0.25, -0.2) is 4.98 Å². The molecule has 1 aliphatic rings. The second kappa shape index (κ2) is 7.43. The van der Waals surface area contributed by atoms with Crippen LogP contribution in [-0.2, 0) is 4.79 Å². The summed E-state index contributed by atoms with van der Waals surface area (Å²) in [5, 5.41) is 0. The average Bonchev–Trinajstić information content (AvgIpc) is 3.37. The van der Waals surface area contributed by atoms with E-state index >= 15 is 0 Å². The van der Waals surface area contributed by atoms with E-state index in [9.17, 15) is 4.79 Å². The molecule has 1 amide bonds. The Morgan fingerprint density at radius 3 is 2.70 bits per heavy atom. The van der Waals surface area contributed by atoms with Crippen LogP contribution in [0.1, 0.15) is 42.1 Å². The summed E-state index contributed by atoms with van der Waals surface area (Å²) < 4.78 is 7.77. The van der Waals surface area contributed by atoms with Crippen molar-refractivity contribution in [2.24, 2.45) is 0 Å². The zero-order valence-electron chi connectivity index (χ0n) is 15.9. The predicted octanol–water partition coefficient (Wildman–Crippen LogP) is 3.80. The molecule has 1 unspecified atom stereocenters. The van der Waals surface area contributed by atoms with Crippen molar-refractivity contribution in [2.75, 3.05) is 20.2 Å². The number of likely N-dealkylation sites (tertiary alicyclic amines) is 1. The number of pyridine rings is 1. The number of fused-ring (bicyclic) bond motifs is 1. The lowest BCUT2D eigenvalue weighted by Crippen LogP contribution is -2.29. The van der Waals surface area contributed by atoms with Crippen LogP contribution in [0.4, 0.5) is 0 Å². The maximum absolute atomic E-state index is 13.0. The number of nitrogens with zero attached hydrogens (tertiary/aromatic N) is 3. The molecule has 0 radical (unpaired) electrons. The quantitative estimate of drug-likeness (QED) is 0.693. The molecule has 27 heavy (non-hydrogen) atoms. The molecule has 5 heteroatoms. The molecule has 1 atom stereocenters. The topological polar surface area (TPSA) is 46.8 Å². The number of methoxy groups -OCH3 is 1. The van der Waals surface area contributed by atoms with Crippen molar-refractivity contribution >= 4 is 11.6 Å². The van der Waals surface area contributed by atoms with E-state index in [2.05, 4.69) is 28.4 Å². The third kappa shape index (κ3) is 3.29. The number of ether oxygens (including phenoxy) is 1. The molecule has 0 spiro atoms. The Kier molecular flexibility index (Phi) is 4.84. The lowest BCUT2D eigenvalue weighted by molar-refractivity contribution is -0.130. The molecule has 3 heterocycles. The van der Waals surface area contributed by atoms with E-state index < -0.39 is 0 Å². The van der Waals surface area contributed by atoms with E-state index in [4.69, 9.17) is 4.74 Å².